The Morgan fingerprint density at radius 1 is 1.16 bits per heavy atom. The second kappa shape index (κ2) is 6.75. The molecule has 19 heavy (non-hydrogen) atoms. The molecule has 2 rings (SSSR count). The van der Waals surface area contributed by atoms with Gasteiger partial charge in [0.25, 0.3) is 0 Å². The molecule has 4 nitrogen and oxygen atoms in total. The third-order valence-corrected chi connectivity index (χ3v) is 2.71. The maximum Gasteiger partial charge on any atom is 0.239 e. The van der Waals surface area contributed by atoms with Gasteiger partial charge in [0.1, 0.15) is 5.82 Å². The lowest BCUT2D eigenvalue weighted by Crippen LogP contribution is -2.29. The number of amides is 1. The molecule has 0 saturated heterocycles. The van der Waals surface area contributed by atoms with E-state index >= 15 is 0 Å². The number of rotatable bonds is 5. The van der Waals surface area contributed by atoms with Gasteiger partial charge in [-0.3, -0.25) is 4.79 Å². The summed E-state index contributed by atoms with van der Waals surface area (Å²) in [5.74, 6) is 0.542. The summed E-state index contributed by atoms with van der Waals surface area (Å²) in [7, 11) is 0. The highest BCUT2D eigenvalue weighted by molar-refractivity contribution is 6.30. The maximum absolute atomic E-state index is 11.6. The molecule has 0 saturated carbocycles. The van der Waals surface area contributed by atoms with Gasteiger partial charge >= 0.3 is 0 Å². The zero-order valence-electron chi connectivity index (χ0n) is 10.3. The zero-order chi connectivity index (χ0) is 13.5. The Morgan fingerprint density at radius 2 is 1.95 bits per heavy atom. The Hall–Kier alpha value is -2.07. The minimum absolute atomic E-state index is 0.0828. The monoisotopic (exact) mass is 275 g/mol. The second-order valence-corrected chi connectivity index (χ2v) is 4.41. The lowest BCUT2D eigenvalue weighted by molar-refractivity contribution is -0.119. The van der Waals surface area contributed by atoms with Crippen molar-refractivity contribution >= 4 is 23.3 Å². The van der Waals surface area contributed by atoms with Crippen molar-refractivity contribution < 1.29 is 4.79 Å². The molecule has 0 fully saturated rings. The van der Waals surface area contributed by atoms with E-state index in [0.717, 1.165) is 5.56 Å². The molecule has 2 N–H and O–H groups in total. The predicted molar refractivity (Wildman–Crippen MR) is 76.0 cm³/mol. The quantitative estimate of drug-likeness (QED) is 0.881. The number of aromatic nitrogens is 1. The number of benzene rings is 1. The topological polar surface area (TPSA) is 54.0 Å². The minimum Gasteiger partial charge on any atom is -0.361 e. The fourth-order valence-electron chi connectivity index (χ4n) is 1.51. The first-order chi connectivity index (χ1) is 9.24. The number of carbonyl (C=O) groups is 1. The van der Waals surface area contributed by atoms with Crippen LogP contribution in [0.5, 0.6) is 0 Å². The van der Waals surface area contributed by atoms with Crippen LogP contribution in [0.2, 0.25) is 5.02 Å². The van der Waals surface area contributed by atoms with Gasteiger partial charge in [0.05, 0.1) is 11.6 Å². The smallest absolute Gasteiger partial charge is 0.239 e. The molecule has 1 heterocycles. The first-order valence-corrected chi connectivity index (χ1v) is 6.28. The van der Waals surface area contributed by atoms with Gasteiger partial charge in [-0.1, -0.05) is 41.9 Å². The Bertz CT molecular complexity index is 528. The predicted octanol–water partition coefficient (Wildman–Crippen LogP) is 2.46. The fraction of sp³-hybridized carbons (Fsp3) is 0.143. The van der Waals surface area contributed by atoms with Crippen molar-refractivity contribution in [3.05, 3.63) is 59.2 Å². The molecule has 0 radical (unpaired) electrons. The van der Waals surface area contributed by atoms with Crippen molar-refractivity contribution in [3.8, 4) is 0 Å². The highest BCUT2D eigenvalue weighted by Gasteiger charge is 2.01. The minimum atomic E-state index is -0.0828. The van der Waals surface area contributed by atoms with E-state index in [2.05, 4.69) is 15.6 Å². The number of hydrogen-bond donors (Lipinski definition) is 2. The van der Waals surface area contributed by atoms with Gasteiger partial charge in [0.15, 0.2) is 0 Å². The summed E-state index contributed by atoms with van der Waals surface area (Å²) in [5.41, 5.74) is 1.07. The molecule has 2 aromatic rings. The molecule has 0 aliphatic heterocycles. The number of halogens is 1. The van der Waals surface area contributed by atoms with Crippen LogP contribution in [0.3, 0.4) is 0 Å². The highest BCUT2D eigenvalue weighted by Crippen LogP contribution is 2.08. The molecule has 1 aromatic carbocycles. The Morgan fingerprint density at radius 3 is 2.63 bits per heavy atom. The van der Waals surface area contributed by atoms with E-state index in [4.69, 9.17) is 11.6 Å². The number of pyridine rings is 1. The molecule has 0 atom stereocenters. The van der Waals surface area contributed by atoms with E-state index < -0.39 is 0 Å². The van der Waals surface area contributed by atoms with Crippen molar-refractivity contribution in [1.82, 2.24) is 10.3 Å². The molecule has 0 aliphatic carbocycles. The third-order valence-electron chi connectivity index (χ3n) is 2.49. The maximum atomic E-state index is 11.6. The van der Waals surface area contributed by atoms with Crippen LogP contribution in [0.4, 0.5) is 5.82 Å². The van der Waals surface area contributed by atoms with Crippen molar-refractivity contribution in [2.45, 2.75) is 6.54 Å². The first kappa shape index (κ1) is 13.4. The van der Waals surface area contributed by atoms with E-state index in [-0.39, 0.29) is 12.5 Å². The second-order valence-electron chi connectivity index (χ2n) is 3.98. The van der Waals surface area contributed by atoms with Gasteiger partial charge in [-0.25, -0.2) is 4.98 Å². The van der Waals surface area contributed by atoms with Gasteiger partial charge < -0.3 is 10.6 Å². The van der Waals surface area contributed by atoms with E-state index in [1.807, 2.05) is 30.3 Å². The normalized spacial score (nSPS) is 9.95. The molecule has 1 aromatic heterocycles. The number of nitrogens with zero attached hydrogens (tertiary/aromatic N) is 1. The van der Waals surface area contributed by atoms with Crippen LogP contribution in [0.1, 0.15) is 5.56 Å². The molecule has 1 amide bonds. The van der Waals surface area contributed by atoms with Crippen molar-refractivity contribution in [2.24, 2.45) is 0 Å². The molecular weight excluding hydrogens is 262 g/mol. The summed E-state index contributed by atoms with van der Waals surface area (Å²) in [4.78, 5) is 15.7. The number of anilines is 1. The Kier molecular flexibility index (Phi) is 4.75. The summed E-state index contributed by atoms with van der Waals surface area (Å²) in [5, 5.41) is 6.32. The van der Waals surface area contributed by atoms with Crippen LogP contribution >= 0.6 is 11.6 Å². The van der Waals surface area contributed by atoms with E-state index in [1.165, 1.54) is 6.20 Å². The highest BCUT2D eigenvalue weighted by atomic mass is 35.5. The van der Waals surface area contributed by atoms with E-state index in [0.29, 0.717) is 17.4 Å². The number of hydrogen-bond acceptors (Lipinski definition) is 3. The number of nitrogens with one attached hydrogen (secondary N) is 2. The molecule has 0 spiro atoms. The number of carbonyl (C=O) groups excluding carboxylic acids is 1. The molecule has 0 aliphatic rings. The van der Waals surface area contributed by atoms with Gasteiger partial charge in [-0.05, 0) is 17.7 Å². The van der Waals surface area contributed by atoms with Crippen molar-refractivity contribution in [2.75, 3.05) is 11.9 Å². The lowest BCUT2D eigenvalue weighted by Gasteiger charge is -2.07. The average molecular weight is 276 g/mol. The molecule has 0 bridgehead atoms. The summed E-state index contributed by atoms with van der Waals surface area (Å²) >= 11 is 5.72. The van der Waals surface area contributed by atoms with Crippen molar-refractivity contribution in [1.29, 1.82) is 0 Å². The standard InChI is InChI=1S/C14H14ClN3O/c15-12-6-7-13(16-9-12)17-10-14(19)18-8-11-4-2-1-3-5-11/h1-7,9H,8,10H2,(H,16,17)(H,18,19). The Labute approximate surface area is 116 Å². The Balaban J connectivity index is 1.74. The summed E-state index contributed by atoms with van der Waals surface area (Å²) in [6, 6.07) is 13.2. The SMILES string of the molecule is O=C(CNc1ccc(Cl)cn1)NCc1ccccc1. The zero-order valence-corrected chi connectivity index (χ0v) is 11.0. The fourth-order valence-corrected chi connectivity index (χ4v) is 1.62. The van der Waals surface area contributed by atoms with E-state index in [1.54, 1.807) is 12.1 Å². The molecule has 98 valence electrons. The first-order valence-electron chi connectivity index (χ1n) is 5.90. The lowest BCUT2D eigenvalue weighted by atomic mass is 10.2. The van der Waals surface area contributed by atoms with Crippen LogP contribution in [-0.2, 0) is 11.3 Å². The van der Waals surface area contributed by atoms with Crippen molar-refractivity contribution in [3.63, 3.8) is 0 Å². The van der Waals surface area contributed by atoms with Gasteiger partial charge in [-0.15, -0.1) is 0 Å². The average Bonchev–Trinajstić information content (AvgIpc) is 2.45. The van der Waals surface area contributed by atoms with Gasteiger partial charge in [-0.2, -0.15) is 0 Å². The summed E-state index contributed by atoms with van der Waals surface area (Å²) in [6.07, 6.45) is 1.53. The van der Waals surface area contributed by atoms with Crippen LogP contribution in [0.15, 0.2) is 48.7 Å². The molecule has 5 heteroatoms. The van der Waals surface area contributed by atoms with Crippen LogP contribution < -0.4 is 10.6 Å². The third kappa shape index (κ3) is 4.60. The van der Waals surface area contributed by atoms with E-state index in [9.17, 15) is 4.79 Å². The van der Waals surface area contributed by atoms with Crippen LogP contribution in [0, 0.1) is 0 Å². The van der Waals surface area contributed by atoms with Gasteiger partial charge in [0, 0.05) is 12.7 Å². The van der Waals surface area contributed by atoms with Crippen LogP contribution in [0.25, 0.3) is 0 Å². The molecule has 0 unspecified atom stereocenters. The van der Waals surface area contributed by atoms with Crippen LogP contribution in [-0.4, -0.2) is 17.4 Å². The largest absolute Gasteiger partial charge is 0.361 e. The summed E-state index contributed by atoms with van der Waals surface area (Å²) in [6.45, 7) is 0.705. The van der Waals surface area contributed by atoms with Gasteiger partial charge in [0.2, 0.25) is 5.91 Å². The molecular formula is C14H14ClN3O. The summed E-state index contributed by atoms with van der Waals surface area (Å²) < 4.78 is 0.